The highest BCUT2D eigenvalue weighted by Crippen LogP contribution is 2.39. The topological polar surface area (TPSA) is 40.5 Å². The normalized spacial score (nSPS) is 22.7. The van der Waals surface area contributed by atoms with Gasteiger partial charge in [-0.25, -0.2) is 0 Å². The summed E-state index contributed by atoms with van der Waals surface area (Å²) < 4.78 is 0. The number of rotatable bonds is 6. The molecule has 2 nitrogen and oxygen atoms in total. The molecule has 2 atom stereocenters. The summed E-state index contributed by atoms with van der Waals surface area (Å²) >= 11 is 3.48. The minimum atomic E-state index is -0.210. The maximum atomic E-state index is 10.5. The molecule has 2 rings (SSSR count). The summed E-state index contributed by atoms with van der Waals surface area (Å²) in [5, 5.41) is 21.4. The average molecular weight is 369 g/mol. The molecule has 0 amide bonds. The number of halogens is 1. The van der Waals surface area contributed by atoms with Crippen LogP contribution in [0.2, 0.25) is 0 Å². The van der Waals surface area contributed by atoms with Crippen LogP contribution in [0.3, 0.4) is 0 Å². The van der Waals surface area contributed by atoms with Crippen molar-refractivity contribution in [2.45, 2.75) is 76.2 Å². The minimum absolute atomic E-state index is 0.0876. The van der Waals surface area contributed by atoms with Gasteiger partial charge >= 0.3 is 0 Å². The molecule has 1 unspecified atom stereocenters. The number of benzene rings is 1. The van der Waals surface area contributed by atoms with Crippen molar-refractivity contribution in [1.82, 2.24) is 0 Å². The smallest absolute Gasteiger partial charge is 0.119 e. The van der Waals surface area contributed by atoms with E-state index in [0.717, 1.165) is 43.0 Å². The molecule has 0 aromatic heterocycles. The van der Waals surface area contributed by atoms with E-state index in [1.54, 1.807) is 0 Å². The van der Waals surface area contributed by atoms with Crippen LogP contribution < -0.4 is 0 Å². The lowest BCUT2D eigenvalue weighted by Gasteiger charge is -2.29. The fraction of sp³-hybridized carbons (Fsp3) is 0.684. The van der Waals surface area contributed by atoms with Crippen LogP contribution in [-0.4, -0.2) is 21.6 Å². The van der Waals surface area contributed by atoms with Crippen molar-refractivity contribution < 1.29 is 10.2 Å². The second kappa shape index (κ2) is 7.83. The molecule has 0 spiro atoms. The summed E-state index contributed by atoms with van der Waals surface area (Å²) in [6.45, 7) is 4.50. The molecule has 0 radical (unpaired) electrons. The van der Waals surface area contributed by atoms with E-state index in [2.05, 4.69) is 41.9 Å². The van der Waals surface area contributed by atoms with Gasteiger partial charge in [0.25, 0.3) is 0 Å². The lowest BCUT2D eigenvalue weighted by Crippen LogP contribution is -2.19. The zero-order valence-corrected chi connectivity index (χ0v) is 15.4. The first-order valence-corrected chi connectivity index (χ1v) is 9.63. The Labute approximate surface area is 143 Å². The molecule has 1 aromatic carbocycles. The van der Waals surface area contributed by atoms with Crippen LogP contribution in [0.4, 0.5) is 0 Å². The van der Waals surface area contributed by atoms with Gasteiger partial charge in [0.05, 0.1) is 6.10 Å². The highest BCUT2D eigenvalue weighted by atomic mass is 79.9. The zero-order valence-electron chi connectivity index (χ0n) is 13.8. The standard InChI is InChI=1S/C19H29BrO2/c1-19(2,10-3-4-11-20)15-8-9-17(18(22)13-15)14-6-5-7-16(21)12-14/h8-9,13-14,16,21-22H,3-7,10-12H2,1-2H3/t14-,16?/m0/s1. The summed E-state index contributed by atoms with van der Waals surface area (Å²) in [6.07, 6.45) is 7.09. The Morgan fingerprint density at radius 2 is 2.00 bits per heavy atom. The van der Waals surface area contributed by atoms with E-state index in [1.165, 1.54) is 18.4 Å². The van der Waals surface area contributed by atoms with E-state index in [0.29, 0.717) is 11.7 Å². The van der Waals surface area contributed by atoms with Gasteiger partial charge in [0, 0.05) is 5.33 Å². The van der Waals surface area contributed by atoms with Crippen LogP contribution in [0, 0.1) is 0 Å². The quantitative estimate of drug-likeness (QED) is 0.531. The summed E-state index contributed by atoms with van der Waals surface area (Å²) in [7, 11) is 0. The summed E-state index contributed by atoms with van der Waals surface area (Å²) in [4.78, 5) is 0. The molecular weight excluding hydrogens is 340 g/mol. The first-order chi connectivity index (χ1) is 10.4. The van der Waals surface area contributed by atoms with Crippen molar-refractivity contribution in [2.75, 3.05) is 5.33 Å². The molecular formula is C19H29BrO2. The highest BCUT2D eigenvalue weighted by Gasteiger charge is 2.26. The van der Waals surface area contributed by atoms with E-state index < -0.39 is 0 Å². The van der Waals surface area contributed by atoms with Crippen LogP contribution in [0.15, 0.2) is 18.2 Å². The number of phenols is 1. The molecule has 124 valence electrons. The zero-order chi connectivity index (χ0) is 16.2. The second-order valence-electron chi connectivity index (χ2n) is 7.32. The average Bonchev–Trinajstić information content (AvgIpc) is 2.47. The number of aliphatic hydroxyl groups excluding tert-OH is 1. The van der Waals surface area contributed by atoms with E-state index in [4.69, 9.17) is 0 Å². The molecule has 1 aliphatic carbocycles. The lowest BCUT2D eigenvalue weighted by molar-refractivity contribution is 0.119. The molecule has 1 fully saturated rings. The molecule has 1 saturated carbocycles. The van der Waals surface area contributed by atoms with Crippen molar-refractivity contribution in [3.8, 4) is 5.75 Å². The Bertz CT molecular complexity index is 484. The maximum absolute atomic E-state index is 10.5. The number of aliphatic hydroxyl groups is 1. The van der Waals surface area contributed by atoms with Crippen molar-refractivity contribution >= 4 is 15.9 Å². The molecule has 2 N–H and O–H groups in total. The number of unbranched alkanes of at least 4 members (excludes halogenated alkanes) is 1. The SMILES string of the molecule is CC(C)(CCCCBr)c1ccc([C@H]2CCCC(O)C2)c(O)c1. The molecule has 1 aliphatic rings. The van der Waals surface area contributed by atoms with Gasteiger partial charge in [-0.15, -0.1) is 0 Å². The van der Waals surface area contributed by atoms with Crippen LogP contribution in [0.5, 0.6) is 5.75 Å². The molecule has 0 heterocycles. The fourth-order valence-electron chi connectivity index (χ4n) is 3.56. The summed E-state index contributed by atoms with van der Waals surface area (Å²) in [6, 6.07) is 6.20. The third-order valence-electron chi connectivity index (χ3n) is 5.08. The predicted molar refractivity (Wildman–Crippen MR) is 96.0 cm³/mol. The van der Waals surface area contributed by atoms with Gasteiger partial charge in [0.15, 0.2) is 0 Å². The molecule has 0 saturated heterocycles. The Hall–Kier alpha value is -0.540. The Balaban J connectivity index is 2.11. The van der Waals surface area contributed by atoms with Gasteiger partial charge in [-0.05, 0) is 60.6 Å². The van der Waals surface area contributed by atoms with Gasteiger partial charge in [-0.3, -0.25) is 0 Å². The highest BCUT2D eigenvalue weighted by molar-refractivity contribution is 9.09. The molecule has 0 aliphatic heterocycles. The van der Waals surface area contributed by atoms with E-state index in [1.807, 2.05) is 6.07 Å². The Kier molecular flexibility index (Phi) is 6.34. The molecule has 1 aromatic rings. The van der Waals surface area contributed by atoms with Crippen LogP contribution in [0.1, 0.15) is 75.8 Å². The van der Waals surface area contributed by atoms with E-state index >= 15 is 0 Å². The Morgan fingerprint density at radius 1 is 1.23 bits per heavy atom. The molecule has 3 heteroatoms. The molecule has 22 heavy (non-hydrogen) atoms. The third-order valence-corrected chi connectivity index (χ3v) is 5.64. The van der Waals surface area contributed by atoms with Crippen molar-refractivity contribution in [3.05, 3.63) is 29.3 Å². The summed E-state index contributed by atoms with van der Waals surface area (Å²) in [5.74, 6) is 0.708. The van der Waals surface area contributed by atoms with E-state index in [9.17, 15) is 10.2 Å². The Morgan fingerprint density at radius 3 is 2.64 bits per heavy atom. The number of alkyl halides is 1. The molecule has 0 bridgehead atoms. The predicted octanol–water partition coefficient (Wildman–Crippen LogP) is 5.25. The number of aromatic hydroxyl groups is 1. The monoisotopic (exact) mass is 368 g/mol. The lowest BCUT2D eigenvalue weighted by atomic mass is 9.77. The van der Waals surface area contributed by atoms with Gasteiger partial charge in [-0.1, -0.05) is 54.8 Å². The van der Waals surface area contributed by atoms with Gasteiger partial charge in [0.1, 0.15) is 5.75 Å². The number of hydrogen-bond donors (Lipinski definition) is 2. The van der Waals surface area contributed by atoms with Gasteiger partial charge < -0.3 is 10.2 Å². The number of phenolic OH excluding ortho intramolecular Hbond substituents is 1. The van der Waals surface area contributed by atoms with E-state index in [-0.39, 0.29) is 11.5 Å². The fourth-order valence-corrected chi connectivity index (χ4v) is 3.96. The van der Waals surface area contributed by atoms with Gasteiger partial charge in [-0.2, -0.15) is 0 Å². The van der Waals surface area contributed by atoms with Crippen molar-refractivity contribution in [3.63, 3.8) is 0 Å². The van der Waals surface area contributed by atoms with Crippen LogP contribution in [-0.2, 0) is 5.41 Å². The summed E-state index contributed by atoms with van der Waals surface area (Å²) in [5.41, 5.74) is 2.31. The minimum Gasteiger partial charge on any atom is -0.508 e. The number of hydrogen-bond acceptors (Lipinski definition) is 2. The third kappa shape index (κ3) is 4.48. The van der Waals surface area contributed by atoms with Crippen molar-refractivity contribution in [2.24, 2.45) is 0 Å². The van der Waals surface area contributed by atoms with Crippen molar-refractivity contribution in [1.29, 1.82) is 0 Å². The second-order valence-corrected chi connectivity index (χ2v) is 8.11. The first-order valence-electron chi connectivity index (χ1n) is 8.51. The van der Waals surface area contributed by atoms with Crippen LogP contribution >= 0.6 is 15.9 Å². The maximum Gasteiger partial charge on any atom is 0.119 e. The van der Waals surface area contributed by atoms with Gasteiger partial charge in [0.2, 0.25) is 0 Å². The van der Waals surface area contributed by atoms with Crippen LogP contribution in [0.25, 0.3) is 0 Å². The largest absolute Gasteiger partial charge is 0.508 e. The first kappa shape index (κ1) is 17.8.